The Kier molecular flexibility index (Phi) is 4.39. The van der Waals surface area contributed by atoms with E-state index in [1.54, 1.807) is 0 Å². The average Bonchev–Trinajstić information content (AvgIpc) is 2.53. The number of aliphatic hydroxyl groups excluding tert-OH is 1. The second-order valence-corrected chi connectivity index (χ2v) is 6.67. The van der Waals surface area contributed by atoms with Crippen LogP contribution in [0.1, 0.15) is 44.9 Å². The summed E-state index contributed by atoms with van der Waals surface area (Å²) in [6, 6.07) is 0.439. The molecule has 5 nitrogen and oxygen atoms in total. The van der Waals surface area contributed by atoms with Gasteiger partial charge in [-0.3, -0.25) is 0 Å². The molecule has 0 amide bonds. The summed E-state index contributed by atoms with van der Waals surface area (Å²) in [5, 5.41) is 17.1. The van der Waals surface area contributed by atoms with Crippen LogP contribution in [0.4, 0.5) is 5.82 Å². The maximum atomic E-state index is 9.11. The van der Waals surface area contributed by atoms with Crippen molar-refractivity contribution in [2.45, 2.75) is 71.8 Å². The molecule has 1 aromatic heterocycles. The number of hydrogen-bond acceptors (Lipinski definition) is 4. The number of rotatable bonds is 5. The van der Waals surface area contributed by atoms with Gasteiger partial charge in [-0.05, 0) is 47.5 Å². The van der Waals surface area contributed by atoms with Crippen LogP contribution in [-0.4, -0.2) is 39.2 Å². The number of nitrogens with zero attached hydrogens (tertiary/aromatic N) is 2. The van der Waals surface area contributed by atoms with Gasteiger partial charge in [0, 0.05) is 11.6 Å². The molecule has 0 spiro atoms. The smallest absolute Gasteiger partial charge is 0.127 e. The number of aliphatic hydroxyl groups is 1. The molecule has 1 aliphatic carbocycles. The van der Waals surface area contributed by atoms with Gasteiger partial charge in [0.1, 0.15) is 5.82 Å². The van der Waals surface area contributed by atoms with E-state index in [1.807, 2.05) is 11.6 Å². The number of aryl methyl sites for hydroxylation is 1. The molecule has 0 atom stereocenters. The van der Waals surface area contributed by atoms with Gasteiger partial charge in [0.25, 0.3) is 0 Å². The lowest BCUT2D eigenvalue weighted by atomic mass is 9.88. The zero-order chi connectivity index (χ0) is 14.9. The van der Waals surface area contributed by atoms with Crippen molar-refractivity contribution in [3.8, 4) is 0 Å². The SMILES string of the molecule is Cc1nn(CCO)c(NC2CC(OC(C)(C)C)C2)c1C. The molecule has 0 bridgehead atoms. The number of nitrogens with one attached hydrogen (secondary N) is 1. The summed E-state index contributed by atoms with van der Waals surface area (Å²) in [6.45, 7) is 11.0. The summed E-state index contributed by atoms with van der Waals surface area (Å²) in [5.74, 6) is 1.04. The molecule has 2 rings (SSSR count). The van der Waals surface area contributed by atoms with Gasteiger partial charge in [-0.15, -0.1) is 0 Å². The quantitative estimate of drug-likeness (QED) is 0.869. The Bertz CT molecular complexity index is 456. The Balaban J connectivity index is 1.93. The fraction of sp³-hybridized carbons (Fsp3) is 0.800. The molecule has 1 fully saturated rings. The second-order valence-electron chi connectivity index (χ2n) is 6.67. The van der Waals surface area contributed by atoms with Crippen LogP contribution in [-0.2, 0) is 11.3 Å². The summed E-state index contributed by atoms with van der Waals surface area (Å²) in [6.07, 6.45) is 2.41. The Labute approximate surface area is 121 Å². The minimum atomic E-state index is -0.0686. The zero-order valence-electron chi connectivity index (χ0n) is 13.2. The Hall–Kier alpha value is -1.07. The molecule has 1 aromatic rings. The third-order valence-electron chi connectivity index (χ3n) is 3.69. The van der Waals surface area contributed by atoms with E-state index >= 15 is 0 Å². The largest absolute Gasteiger partial charge is 0.394 e. The number of hydrogen-bond donors (Lipinski definition) is 2. The van der Waals surface area contributed by atoms with Crippen LogP contribution >= 0.6 is 0 Å². The molecule has 114 valence electrons. The minimum Gasteiger partial charge on any atom is -0.394 e. The average molecular weight is 281 g/mol. The molecule has 1 heterocycles. The number of aromatic nitrogens is 2. The van der Waals surface area contributed by atoms with Gasteiger partial charge in [-0.25, -0.2) is 4.68 Å². The zero-order valence-corrected chi connectivity index (χ0v) is 13.2. The standard InChI is InChI=1S/C15H27N3O2/c1-10-11(2)17-18(6-7-19)14(10)16-12-8-13(9-12)20-15(3,4)5/h12-13,16,19H,6-9H2,1-5H3. The normalized spacial score (nSPS) is 22.7. The second kappa shape index (κ2) is 5.74. The predicted molar refractivity (Wildman–Crippen MR) is 80.1 cm³/mol. The first-order valence-corrected chi connectivity index (χ1v) is 7.39. The Morgan fingerprint density at radius 3 is 2.55 bits per heavy atom. The fourth-order valence-electron chi connectivity index (χ4n) is 2.58. The third-order valence-corrected chi connectivity index (χ3v) is 3.69. The maximum absolute atomic E-state index is 9.11. The molecule has 0 unspecified atom stereocenters. The van der Waals surface area contributed by atoms with Crippen molar-refractivity contribution in [3.63, 3.8) is 0 Å². The van der Waals surface area contributed by atoms with E-state index in [0.29, 0.717) is 18.7 Å². The van der Waals surface area contributed by atoms with Crippen molar-refractivity contribution in [1.29, 1.82) is 0 Å². The highest BCUT2D eigenvalue weighted by molar-refractivity contribution is 5.48. The van der Waals surface area contributed by atoms with Gasteiger partial charge in [-0.1, -0.05) is 0 Å². The maximum Gasteiger partial charge on any atom is 0.127 e. The number of ether oxygens (including phenoxy) is 1. The van der Waals surface area contributed by atoms with E-state index in [9.17, 15) is 0 Å². The first-order chi connectivity index (χ1) is 9.30. The van der Waals surface area contributed by atoms with Crippen molar-refractivity contribution < 1.29 is 9.84 Å². The highest BCUT2D eigenvalue weighted by Gasteiger charge is 2.33. The van der Waals surface area contributed by atoms with E-state index in [-0.39, 0.29) is 12.2 Å². The summed E-state index contributed by atoms with van der Waals surface area (Å²) < 4.78 is 7.82. The van der Waals surface area contributed by atoms with Gasteiger partial charge >= 0.3 is 0 Å². The van der Waals surface area contributed by atoms with Crippen molar-refractivity contribution in [2.24, 2.45) is 0 Å². The van der Waals surface area contributed by atoms with Gasteiger partial charge in [-0.2, -0.15) is 5.10 Å². The van der Waals surface area contributed by atoms with Crippen LogP contribution in [0.25, 0.3) is 0 Å². The van der Waals surface area contributed by atoms with E-state index in [1.165, 1.54) is 5.56 Å². The van der Waals surface area contributed by atoms with Crippen LogP contribution in [0.15, 0.2) is 0 Å². The summed E-state index contributed by atoms with van der Waals surface area (Å²) >= 11 is 0. The molecule has 0 saturated heterocycles. The molecule has 1 saturated carbocycles. The van der Waals surface area contributed by atoms with E-state index < -0.39 is 0 Å². The molecule has 1 aliphatic rings. The summed E-state index contributed by atoms with van der Waals surface area (Å²) in [7, 11) is 0. The lowest BCUT2D eigenvalue weighted by Gasteiger charge is -2.40. The Morgan fingerprint density at radius 1 is 1.35 bits per heavy atom. The van der Waals surface area contributed by atoms with Crippen molar-refractivity contribution >= 4 is 5.82 Å². The first kappa shape index (κ1) is 15.3. The van der Waals surface area contributed by atoms with Crippen LogP contribution in [0.3, 0.4) is 0 Å². The monoisotopic (exact) mass is 281 g/mol. The van der Waals surface area contributed by atoms with Crippen LogP contribution in [0.2, 0.25) is 0 Å². The van der Waals surface area contributed by atoms with Gasteiger partial charge in [0.05, 0.1) is 30.6 Å². The predicted octanol–water partition coefficient (Wildman–Crippen LogP) is 2.25. The molecule has 0 aromatic carbocycles. The first-order valence-electron chi connectivity index (χ1n) is 7.39. The Morgan fingerprint density at radius 2 is 2.00 bits per heavy atom. The van der Waals surface area contributed by atoms with Crippen LogP contribution in [0.5, 0.6) is 0 Å². The lowest BCUT2D eigenvalue weighted by Crippen LogP contribution is -2.44. The van der Waals surface area contributed by atoms with E-state index in [0.717, 1.165) is 24.4 Å². The van der Waals surface area contributed by atoms with E-state index in [4.69, 9.17) is 9.84 Å². The van der Waals surface area contributed by atoms with Gasteiger partial charge < -0.3 is 15.2 Å². The van der Waals surface area contributed by atoms with Crippen molar-refractivity contribution in [3.05, 3.63) is 11.3 Å². The fourth-order valence-corrected chi connectivity index (χ4v) is 2.58. The summed E-state index contributed by atoms with van der Waals surface area (Å²) in [5.41, 5.74) is 2.11. The molecule has 0 radical (unpaired) electrons. The molecular formula is C15H27N3O2. The highest BCUT2D eigenvalue weighted by atomic mass is 16.5. The van der Waals surface area contributed by atoms with E-state index in [2.05, 4.69) is 38.1 Å². The highest BCUT2D eigenvalue weighted by Crippen LogP contribution is 2.31. The molecule has 0 aliphatic heterocycles. The summed E-state index contributed by atoms with van der Waals surface area (Å²) in [4.78, 5) is 0. The molecule has 5 heteroatoms. The third kappa shape index (κ3) is 3.52. The topological polar surface area (TPSA) is 59.3 Å². The van der Waals surface area contributed by atoms with Crippen molar-refractivity contribution in [1.82, 2.24) is 9.78 Å². The molecule has 20 heavy (non-hydrogen) atoms. The van der Waals surface area contributed by atoms with Gasteiger partial charge in [0.2, 0.25) is 0 Å². The number of anilines is 1. The van der Waals surface area contributed by atoms with Crippen molar-refractivity contribution in [2.75, 3.05) is 11.9 Å². The lowest BCUT2D eigenvalue weighted by molar-refractivity contribution is -0.0954. The van der Waals surface area contributed by atoms with Gasteiger partial charge in [0.15, 0.2) is 0 Å². The van der Waals surface area contributed by atoms with Crippen LogP contribution in [0, 0.1) is 13.8 Å². The molecular weight excluding hydrogens is 254 g/mol. The molecule has 2 N–H and O–H groups in total. The minimum absolute atomic E-state index is 0.0686. The van der Waals surface area contributed by atoms with Crippen LogP contribution < -0.4 is 5.32 Å².